The van der Waals surface area contributed by atoms with Crippen molar-refractivity contribution in [3.05, 3.63) is 111 Å². The quantitative estimate of drug-likeness (QED) is 0.0613. The van der Waals surface area contributed by atoms with E-state index in [0.29, 0.717) is 0 Å². The summed E-state index contributed by atoms with van der Waals surface area (Å²) in [6, 6.07) is 0.105. The molecule has 0 aliphatic carbocycles. The Labute approximate surface area is 241 Å². The third-order valence-electron chi connectivity index (χ3n) is 6.37. The van der Waals surface area contributed by atoms with Crippen LogP contribution in [0.5, 0.6) is 11.5 Å². The van der Waals surface area contributed by atoms with Gasteiger partial charge in [0.25, 0.3) is 0 Å². The molecule has 0 saturated heterocycles. The van der Waals surface area contributed by atoms with Crippen molar-refractivity contribution >= 4 is 34.1 Å². The topological polar surface area (TPSA) is 18.5 Å². The molecular formula is C26H2BF17O2. The number of halogens is 17. The van der Waals surface area contributed by atoms with E-state index in [2.05, 4.69) is 9.31 Å². The van der Waals surface area contributed by atoms with Crippen LogP contribution >= 0.6 is 0 Å². The Balaban J connectivity index is 1.97. The third kappa shape index (κ3) is 4.52. The largest absolute Gasteiger partial charge is 0.636 e. The van der Waals surface area contributed by atoms with Crippen molar-refractivity contribution in [2.75, 3.05) is 0 Å². The van der Waals surface area contributed by atoms with Crippen LogP contribution in [0.1, 0.15) is 0 Å². The first-order valence-corrected chi connectivity index (χ1v) is 11.5. The molecule has 0 fully saturated rings. The molecule has 240 valence electrons. The molecule has 0 saturated carbocycles. The fourth-order valence-electron chi connectivity index (χ4n) is 4.28. The van der Waals surface area contributed by atoms with Gasteiger partial charge in [0.15, 0.2) is 58.1 Å². The van der Waals surface area contributed by atoms with Gasteiger partial charge in [-0.25, -0.2) is 61.5 Å². The first kappa shape index (κ1) is 32.5. The Morgan fingerprint density at radius 2 is 0.717 bits per heavy atom. The van der Waals surface area contributed by atoms with E-state index in [9.17, 15) is 61.5 Å². The summed E-state index contributed by atoms with van der Waals surface area (Å²) >= 11 is 0. The van der Waals surface area contributed by atoms with Crippen LogP contribution in [0.25, 0.3) is 21.5 Å². The Bertz CT molecular complexity index is 2120. The van der Waals surface area contributed by atoms with Gasteiger partial charge >= 0.3 is 7.12 Å². The zero-order valence-corrected chi connectivity index (χ0v) is 21.0. The molecule has 0 aliphatic heterocycles. The summed E-state index contributed by atoms with van der Waals surface area (Å²) in [6.45, 7) is 0. The second kappa shape index (κ2) is 11.2. The summed E-state index contributed by atoms with van der Waals surface area (Å²) in [5, 5.41) is -9.12. The zero-order chi connectivity index (χ0) is 34.3. The van der Waals surface area contributed by atoms with Gasteiger partial charge in [-0.3, -0.25) is 0 Å². The second-order valence-electron chi connectivity index (χ2n) is 8.88. The van der Waals surface area contributed by atoms with Crippen LogP contribution in [0.15, 0.2) is 12.1 Å². The fourth-order valence-corrected chi connectivity index (χ4v) is 4.28. The number of hydrogen-bond donors (Lipinski definition) is 0. The van der Waals surface area contributed by atoms with Gasteiger partial charge in [0.05, 0.1) is 21.6 Å². The second-order valence-corrected chi connectivity index (χ2v) is 8.88. The summed E-state index contributed by atoms with van der Waals surface area (Å²) in [6.07, 6.45) is 0. The van der Waals surface area contributed by atoms with E-state index < -0.39 is 145 Å². The molecule has 20 heteroatoms. The van der Waals surface area contributed by atoms with Gasteiger partial charge in [-0.15, -0.1) is 0 Å². The minimum Gasteiger partial charge on any atom is -0.520 e. The van der Waals surface area contributed by atoms with E-state index in [1.54, 1.807) is 0 Å². The first-order valence-electron chi connectivity index (χ1n) is 11.5. The molecule has 0 N–H and O–H groups in total. The molecule has 0 aromatic heterocycles. The van der Waals surface area contributed by atoms with Crippen molar-refractivity contribution in [1.29, 1.82) is 0 Å². The Hall–Kier alpha value is -4.91. The molecule has 5 aromatic carbocycles. The van der Waals surface area contributed by atoms with Crippen molar-refractivity contribution in [3.8, 4) is 11.5 Å². The molecule has 46 heavy (non-hydrogen) atoms. The molecule has 0 unspecified atom stereocenters. The van der Waals surface area contributed by atoms with E-state index in [4.69, 9.17) is 0 Å². The fraction of sp³-hybridized carbons (Fsp3) is 0. The molecule has 2 nitrogen and oxygen atoms in total. The average Bonchev–Trinajstić information content (AvgIpc) is 3.02. The molecule has 5 aromatic rings. The summed E-state index contributed by atoms with van der Waals surface area (Å²) in [7, 11) is -3.69. The molecule has 5 rings (SSSR count). The lowest BCUT2D eigenvalue weighted by molar-refractivity contribution is 0.330. The van der Waals surface area contributed by atoms with E-state index >= 15 is 13.2 Å². The van der Waals surface area contributed by atoms with Gasteiger partial charge in [-0.2, -0.15) is 13.2 Å². The van der Waals surface area contributed by atoms with Crippen LogP contribution in [-0.2, 0) is 0 Å². The number of rotatable bonds is 5. The maximum atomic E-state index is 15.8. The molecule has 0 spiro atoms. The maximum Gasteiger partial charge on any atom is 0.636 e. The number of benzene rings is 5. The average molecular weight is 680 g/mol. The normalized spacial score (nSPS) is 11.6. The van der Waals surface area contributed by atoms with Crippen LogP contribution in [-0.4, -0.2) is 7.12 Å². The number of hydrogen-bond acceptors (Lipinski definition) is 2. The van der Waals surface area contributed by atoms with Crippen molar-refractivity contribution in [1.82, 2.24) is 0 Å². The van der Waals surface area contributed by atoms with Crippen molar-refractivity contribution in [2.45, 2.75) is 0 Å². The lowest BCUT2D eigenvalue weighted by Crippen LogP contribution is -2.47. The van der Waals surface area contributed by atoms with Gasteiger partial charge < -0.3 is 9.31 Å². The highest BCUT2D eigenvalue weighted by molar-refractivity contribution is 6.66. The highest BCUT2D eigenvalue weighted by atomic mass is 19.2. The first-order chi connectivity index (χ1) is 21.4. The molecule has 0 bridgehead atoms. The van der Waals surface area contributed by atoms with Gasteiger partial charge in [0.1, 0.15) is 17.4 Å². The lowest BCUT2D eigenvalue weighted by Gasteiger charge is -2.22. The minimum absolute atomic E-state index is 0.0339. The van der Waals surface area contributed by atoms with Crippen molar-refractivity contribution in [2.24, 2.45) is 0 Å². The third-order valence-corrected chi connectivity index (χ3v) is 6.37. The molecule has 0 heterocycles. The molecule has 0 atom stereocenters. The summed E-state index contributed by atoms with van der Waals surface area (Å²) < 4.78 is 254. The van der Waals surface area contributed by atoms with E-state index in [0.717, 1.165) is 0 Å². The Kier molecular flexibility index (Phi) is 7.88. The zero-order valence-electron chi connectivity index (χ0n) is 21.0. The monoisotopic (exact) mass is 680 g/mol. The van der Waals surface area contributed by atoms with Gasteiger partial charge in [-0.1, -0.05) is 0 Å². The minimum atomic E-state index is -3.69. The maximum absolute atomic E-state index is 15.8. The van der Waals surface area contributed by atoms with Gasteiger partial charge in [-0.05, 0) is 12.1 Å². The Morgan fingerprint density at radius 1 is 0.326 bits per heavy atom. The van der Waals surface area contributed by atoms with Crippen molar-refractivity contribution in [3.63, 3.8) is 0 Å². The van der Waals surface area contributed by atoms with Crippen LogP contribution in [0, 0.1) is 98.9 Å². The van der Waals surface area contributed by atoms with Crippen LogP contribution < -0.4 is 14.8 Å². The van der Waals surface area contributed by atoms with Gasteiger partial charge in [0.2, 0.25) is 34.9 Å². The smallest absolute Gasteiger partial charge is 0.520 e. The molecule has 0 radical (unpaired) electrons. The van der Waals surface area contributed by atoms with Crippen LogP contribution in [0.3, 0.4) is 0 Å². The summed E-state index contributed by atoms with van der Waals surface area (Å²) in [5.41, 5.74) is -2.33. The highest BCUT2D eigenvalue weighted by Gasteiger charge is 2.43. The van der Waals surface area contributed by atoms with Crippen molar-refractivity contribution < 1.29 is 83.9 Å². The SMILES string of the molecule is Fc1ccc(OB(Oc2c(F)c(F)c(F)c(F)c2F)c2c(F)c(F)c(F)c3c(F)c4c(F)c(F)c(F)c(F)c4c(F)c23)c(F)c1F. The highest BCUT2D eigenvalue weighted by Crippen LogP contribution is 2.39. The van der Waals surface area contributed by atoms with E-state index in [-0.39, 0.29) is 12.1 Å². The lowest BCUT2D eigenvalue weighted by atomic mass is 9.74. The summed E-state index contributed by atoms with van der Waals surface area (Å²) in [4.78, 5) is 0. The van der Waals surface area contributed by atoms with E-state index in [1.807, 2.05) is 0 Å². The molecule has 0 aliphatic rings. The van der Waals surface area contributed by atoms with Crippen LogP contribution in [0.2, 0.25) is 0 Å². The predicted octanol–water partition coefficient (Wildman–Crippen LogP) is 8.21. The predicted molar refractivity (Wildman–Crippen MR) is 120 cm³/mol. The summed E-state index contributed by atoms with van der Waals surface area (Å²) in [5.74, 6) is -50.8. The standard InChI is InChI=1S/C26H2BF17O2/c28-3-1-2-4(11(30)10(3)29)45-27(46-26-24(43)22(41)21(40)23(42)25(26)44)9-5-6(14(33)18(37)17(9)36)13(32)8-7(12(5)31)15(34)19(38)20(39)16(8)35/h1-2H. The van der Waals surface area contributed by atoms with Crippen LogP contribution in [0.4, 0.5) is 74.6 Å². The molecular weight excluding hydrogens is 678 g/mol. The Morgan fingerprint density at radius 3 is 1.22 bits per heavy atom. The van der Waals surface area contributed by atoms with E-state index in [1.165, 1.54) is 0 Å². The number of fused-ring (bicyclic) bond motifs is 2. The van der Waals surface area contributed by atoms with Gasteiger partial charge in [0, 0.05) is 5.39 Å². The molecule has 0 amide bonds.